The average Bonchev–Trinajstić information content (AvgIpc) is 2.23. The van der Waals surface area contributed by atoms with Crippen molar-refractivity contribution in [2.24, 2.45) is 5.92 Å². The second kappa shape index (κ2) is 6.42. The van der Waals surface area contributed by atoms with Crippen LogP contribution in [0.2, 0.25) is 0 Å². The number of rotatable bonds is 5. The van der Waals surface area contributed by atoms with E-state index in [1.807, 2.05) is 0 Å². The van der Waals surface area contributed by atoms with E-state index in [1.165, 1.54) is 16.7 Å². The van der Waals surface area contributed by atoms with Gasteiger partial charge in [0.05, 0.1) is 6.61 Å². The molecule has 0 heterocycles. The Labute approximate surface area is 118 Å². The second-order valence-corrected chi connectivity index (χ2v) is 6.77. The van der Waals surface area contributed by atoms with E-state index in [9.17, 15) is 0 Å². The third-order valence-corrected chi connectivity index (χ3v) is 3.10. The van der Waals surface area contributed by atoms with Gasteiger partial charge in [-0.2, -0.15) is 0 Å². The zero-order chi connectivity index (χ0) is 14.6. The van der Waals surface area contributed by atoms with Crippen LogP contribution < -0.4 is 10.1 Å². The molecule has 19 heavy (non-hydrogen) atoms. The van der Waals surface area contributed by atoms with Gasteiger partial charge in [-0.15, -0.1) is 0 Å². The Morgan fingerprint density at radius 2 is 1.63 bits per heavy atom. The molecule has 1 N–H and O–H groups in total. The highest BCUT2D eigenvalue weighted by molar-refractivity contribution is 5.42. The summed E-state index contributed by atoms with van der Waals surface area (Å²) in [6.45, 7) is 16.9. The number of aryl methyl sites for hydroxylation is 3. The maximum atomic E-state index is 6.01. The summed E-state index contributed by atoms with van der Waals surface area (Å²) in [6.07, 6.45) is 0. The summed E-state index contributed by atoms with van der Waals surface area (Å²) in [5.74, 6) is 1.55. The van der Waals surface area contributed by atoms with Crippen molar-refractivity contribution < 1.29 is 4.74 Å². The number of hydrogen-bond donors (Lipinski definition) is 1. The van der Waals surface area contributed by atoms with Gasteiger partial charge in [0.1, 0.15) is 5.75 Å². The molecule has 0 saturated carbocycles. The highest BCUT2D eigenvalue weighted by Crippen LogP contribution is 2.24. The van der Waals surface area contributed by atoms with Gasteiger partial charge < -0.3 is 10.1 Å². The van der Waals surface area contributed by atoms with Crippen LogP contribution in [0, 0.1) is 26.7 Å². The number of nitrogens with one attached hydrogen (secondary N) is 1. The lowest BCUT2D eigenvalue weighted by atomic mass is 10.1. The molecule has 0 fully saturated rings. The van der Waals surface area contributed by atoms with Gasteiger partial charge in [0, 0.05) is 18.0 Å². The molecule has 1 unspecified atom stereocenters. The van der Waals surface area contributed by atoms with Crippen LogP contribution >= 0.6 is 0 Å². The van der Waals surface area contributed by atoms with Crippen molar-refractivity contribution in [1.82, 2.24) is 5.32 Å². The van der Waals surface area contributed by atoms with Crippen LogP contribution in [0.1, 0.15) is 44.4 Å². The average molecular weight is 263 g/mol. The molecule has 0 aromatic heterocycles. The second-order valence-electron chi connectivity index (χ2n) is 6.77. The predicted octanol–water partition coefficient (Wildman–Crippen LogP) is 4.01. The molecule has 1 aromatic carbocycles. The van der Waals surface area contributed by atoms with E-state index in [2.05, 4.69) is 65.9 Å². The first-order valence-corrected chi connectivity index (χ1v) is 7.14. The van der Waals surface area contributed by atoms with Crippen LogP contribution in [0.25, 0.3) is 0 Å². The van der Waals surface area contributed by atoms with Gasteiger partial charge in [-0.05, 0) is 52.7 Å². The van der Waals surface area contributed by atoms with Gasteiger partial charge >= 0.3 is 0 Å². The lowest BCUT2D eigenvalue weighted by Crippen LogP contribution is -2.39. The molecule has 0 amide bonds. The van der Waals surface area contributed by atoms with Crippen molar-refractivity contribution in [1.29, 1.82) is 0 Å². The first-order valence-electron chi connectivity index (χ1n) is 7.14. The summed E-state index contributed by atoms with van der Waals surface area (Å²) >= 11 is 0. The van der Waals surface area contributed by atoms with E-state index < -0.39 is 0 Å². The Morgan fingerprint density at radius 3 is 2.11 bits per heavy atom. The van der Waals surface area contributed by atoms with Crippen LogP contribution in [-0.2, 0) is 0 Å². The summed E-state index contributed by atoms with van der Waals surface area (Å²) in [4.78, 5) is 0. The van der Waals surface area contributed by atoms with Crippen LogP contribution in [0.5, 0.6) is 5.75 Å². The molecule has 1 aromatic rings. The predicted molar refractivity (Wildman–Crippen MR) is 83.1 cm³/mol. The lowest BCUT2D eigenvalue weighted by molar-refractivity contribution is 0.241. The van der Waals surface area contributed by atoms with E-state index in [1.54, 1.807) is 0 Å². The standard InChI is InChI=1S/C17H29NO/c1-12-8-14(3)16(15(4)9-12)19-11-13(2)10-18-17(5,6)7/h8-9,13,18H,10-11H2,1-7H3. The third-order valence-electron chi connectivity index (χ3n) is 3.10. The molecule has 0 bridgehead atoms. The largest absolute Gasteiger partial charge is 0.493 e. The molecular weight excluding hydrogens is 234 g/mol. The first kappa shape index (κ1) is 16.0. The maximum Gasteiger partial charge on any atom is 0.125 e. The fourth-order valence-corrected chi connectivity index (χ4v) is 2.16. The normalized spacial score (nSPS) is 13.4. The van der Waals surface area contributed by atoms with E-state index in [-0.39, 0.29) is 5.54 Å². The Bertz CT molecular complexity index is 395. The van der Waals surface area contributed by atoms with Crippen molar-refractivity contribution in [3.8, 4) is 5.75 Å². The molecule has 0 saturated heterocycles. The van der Waals surface area contributed by atoms with E-state index in [0.29, 0.717) is 5.92 Å². The third kappa shape index (κ3) is 5.65. The minimum atomic E-state index is 0.171. The highest BCUT2D eigenvalue weighted by Gasteiger charge is 2.12. The van der Waals surface area contributed by atoms with Crippen LogP contribution in [-0.4, -0.2) is 18.7 Å². The fraction of sp³-hybridized carbons (Fsp3) is 0.647. The van der Waals surface area contributed by atoms with E-state index >= 15 is 0 Å². The zero-order valence-electron chi connectivity index (χ0n) is 13.6. The Hall–Kier alpha value is -1.02. The quantitative estimate of drug-likeness (QED) is 0.866. The summed E-state index contributed by atoms with van der Waals surface area (Å²) in [5.41, 5.74) is 3.93. The zero-order valence-corrected chi connectivity index (χ0v) is 13.6. The van der Waals surface area contributed by atoms with E-state index in [4.69, 9.17) is 4.74 Å². The molecule has 0 radical (unpaired) electrons. The molecule has 0 aliphatic heterocycles. The smallest absolute Gasteiger partial charge is 0.125 e. The Morgan fingerprint density at radius 1 is 1.11 bits per heavy atom. The van der Waals surface area contributed by atoms with Crippen LogP contribution in [0.4, 0.5) is 0 Å². The van der Waals surface area contributed by atoms with Gasteiger partial charge in [-0.3, -0.25) is 0 Å². The summed E-state index contributed by atoms with van der Waals surface area (Å²) in [5, 5.41) is 3.52. The topological polar surface area (TPSA) is 21.3 Å². The SMILES string of the molecule is Cc1cc(C)c(OCC(C)CNC(C)(C)C)c(C)c1. The Kier molecular flexibility index (Phi) is 5.42. The number of hydrogen-bond acceptors (Lipinski definition) is 2. The van der Waals surface area contributed by atoms with Crippen molar-refractivity contribution in [2.75, 3.05) is 13.2 Å². The minimum absolute atomic E-state index is 0.171. The first-order chi connectivity index (χ1) is 8.69. The summed E-state index contributed by atoms with van der Waals surface area (Å²) in [6, 6.07) is 4.36. The molecule has 2 heteroatoms. The minimum Gasteiger partial charge on any atom is -0.493 e. The molecule has 1 rings (SSSR count). The maximum absolute atomic E-state index is 6.01. The summed E-state index contributed by atoms with van der Waals surface area (Å²) < 4.78 is 6.01. The molecule has 1 atom stereocenters. The summed E-state index contributed by atoms with van der Waals surface area (Å²) in [7, 11) is 0. The molecule has 108 valence electrons. The van der Waals surface area contributed by atoms with Gasteiger partial charge in [0.2, 0.25) is 0 Å². The van der Waals surface area contributed by atoms with Crippen molar-refractivity contribution in [3.05, 3.63) is 28.8 Å². The fourth-order valence-electron chi connectivity index (χ4n) is 2.16. The van der Waals surface area contributed by atoms with Crippen LogP contribution in [0.3, 0.4) is 0 Å². The number of benzene rings is 1. The van der Waals surface area contributed by atoms with Crippen LogP contribution in [0.15, 0.2) is 12.1 Å². The van der Waals surface area contributed by atoms with Gasteiger partial charge in [-0.25, -0.2) is 0 Å². The molecule has 0 aliphatic rings. The molecule has 0 spiro atoms. The lowest BCUT2D eigenvalue weighted by Gasteiger charge is -2.24. The van der Waals surface area contributed by atoms with Crippen molar-refractivity contribution >= 4 is 0 Å². The molecule has 0 aliphatic carbocycles. The van der Waals surface area contributed by atoms with Crippen molar-refractivity contribution in [2.45, 2.75) is 54.0 Å². The van der Waals surface area contributed by atoms with Gasteiger partial charge in [-0.1, -0.05) is 24.6 Å². The molecular formula is C17H29NO. The number of ether oxygens (including phenoxy) is 1. The van der Waals surface area contributed by atoms with Gasteiger partial charge in [0.15, 0.2) is 0 Å². The van der Waals surface area contributed by atoms with Gasteiger partial charge in [0.25, 0.3) is 0 Å². The van der Waals surface area contributed by atoms with Crippen molar-refractivity contribution in [3.63, 3.8) is 0 Å². The molecule has 2 nitrogen and oxygen atoms in total. The monoisotopic (exact) mass is 263 g/mol. The van der Waals surface area contributed by atoms with E-state index in [0.717, 1.165) is 18.9 Å². The Balaban J connectivity index is 2.53. The highest BCUT2D eigenvalue weighted by atomic mass is 16.5.